The van der Waals surface area contributed by atoms with E-state index >= 15 is 0 Å². The van der Waals surface area contributed by atoms with Gasteiger partial charge in [0.2, 0.25) is 5.91 Å². The first-order valence-corrected chi connectivity index (χ1v) is 10.6. The minimum Gasteiger partial charge on any atom is -0.378 e. The second-order valence-corrected chi connectivity index (χ2v) is 8.14. The molecule has 5 heteroatoms. The van der Waals surface area contributed by atoms with Crippen LogP contribution < -0.4 is 15.5 Å². The summed E-state index contributed by atoms with van der Waals surface area (Å²) in [6, 6.07) is 14.4. The summed E-state index contributed by atoms with van der Waals surface area (Å²) in [6.07, 6.45) is 0. The zero-order valence-electron chi connectivity index (χ0n) is 18.0. The van der Waals surface area contributed by atoms with E-state index in [1.165, 1.54) is 11.1 Å². The molecule has 2 aromatic carbocycles. The summed E-state index contributed by atoms with van der Waals surface area (Å²) in [4.78, 5) is 15.1. The second kappa shape index (κ2) is 9.79. The third kappa shape index (κ3) is 5.30. The average molecular weight is 396 g/mol. The molecule has 0 radical (unpaired) electrons. The van der Waals surface area contributed by atoms with Crippen molar-refractivity contribution < 1.29 is 9.53 Å². The Bertz CT molecular complexity index is 800. The normalized spacial score (nSPS) is 14.3. The molecule has 1 aliphatic heterocycles. The lowest BCUT2D eigenvalue weighted by molar-refractivity contribution is -0.114. The quantitative estimate of drug-likeness (QED) is 0.706. The Balaban J connectivity index is 1.72. The largest absolute Gasteiger partial charge is 0.378 e. The molecule has 0 unspecified atom stereocenters. The highest BCUT2D eigenvalue weighted by Crippen LogP contribution is 2.32. The molecule has 0 aliphatic carbocycles. The molecule has 0 bridgehead atoms. The number of amides is 1. The van der Waals surface area contributed by atoms with E-state index < -0.39 is 0 Å². The van der Waals surface area contributed by atoms with Crippen LogP contribution in [0.15, 0.2) is 42.5 Å². The Labute approximate surface area is 174 Å². The number of benzene rings is 2. The van der Waals surface area contributed by atoms with Crippen molar-refractivity contribution in [2.75, 3.05) is 48.4 Å². The molecular weight excluding hydrogens is 362 g/mol. The van der Waals surface area contributed by atoms with Gasteiger partial charge in [0.05, 0.1) is 31.1 Å². The van der Waals surface area contributed by atoms with E-state index in [4.69, 9.17) is 4.74 Å². The molecule has 0 saturated carbocycles. The maximum Gasteiger partial charge on any atom is 0.243 e. The number of rotatable bonds is 7. The zero-order valence-corrected chi connectivity index (χ0v) is 18.0. The Kier molecular flexibility index (Phi) is 7.15. The topological polar surface area (TPSA) is 53.6 Å². The number of carbonyl (C=O) groups excluding carboxylic acids is 1. The fourth-order valence-corrected chi connectivity index (χ4v) is 3.76. The molecule has 29 heavy (non-hydrogen) atoms. The van der Waals surface area contributed by atoms with Gasteiger partial charge >= 0.3 is 0 Å². The molecule has 5 nitrogen and oxygen atoms in total. The van der Waals surface area contributed by atoms with E-state index in [0.717, 1.165) is 43.4 Å². The maximum atomic E-state index is 12.8. The van der Waals surface area contributed by atoms with Gasteiger partial charge in [-0.3, -0.25) is 4.79 Å². The van der Waals surface area contributed by atoms with Crippen molar-refractivity contribution in [3.63, 3.8) is 0 Å². The van der Waals surface area contributed by atoms with Gasteiger partial charge in [-0.25, -0.2) is 0 Å². The van der Waals surface area contributed by atoms with Gasteiger partial charge in [-0.15, -0.1) is 0 Å². The number of anilines is 3. The Morgan fingerprint density at radius 1 is 0.966 bits per heavy atom. The number of carbonyl (C=O) groups is 1. The zero-order chi connectivity index (χ0) is 20.8. The van der Waals surface area contributed by atoms with Crippen LogP contribution in [0.5, 0.6) is 0 Å². The van der Waals surface area contributed by atoms with Gasteiger partial charge in [0.25, 0.3) is 0 Å². The summed E-state index contributed by atoms with van der Waals surface area (Å²) >= 11 is 0. The van der Waals surface area contributed by atoms with Crippen molar-refractivity contribution in [1.82, 2.24) is 0 Å². The van der Waals surface area contributed by atoms with Crippen molar-refractivity contribution >= 4 is 23.0 Å². The van der Waals surface area contributed by atoms with Crippen LogP contribution in [-0.2, 0) is 9.53 Å². The van der Waals surface area contributed by atoms with Gasteiger partial charge in [-0.05, 0) is 35.1 Å². The molecule has 1 saturated heterocycles. The molecule has 1 amide bonds. The molecular formula is C24H33N3O2. The fourth-order valence-electron chi connectivity index (χ4n) is 3.76. The monoisotopic (exact) mass is 395 g/mol. The molecule has 0 spiro atoms. The van der Waals surface area contributed by atoms with Crippen LogP contribution in [0.2, 0.25) is 0 Å². The number of nitrogens with one attached hydrogen (secondary N) is 2. The third-order valence-electron chi connectivity index (χ3n) is 5.33. The first kappa shape index (κ1) is 21.2. The molecule has 0 aromatic heterocycles. The Hall–Kier alpha value is -2.53. The lowest BCUT2D eigenvalue weighted by Gasteiger charge is -2.30. The first-order chi connectivity index (χ1) is 14.0. The number of morpholine rings is 1. The minimum absolute atomic E-state index is 0.0308. The molecule has 1 heterocycles. The average Bonchev–Trinajstić information content (AvgIpc) is 2.73. The van der Waals surface area contributed by atoms with Crippen molar-refractivity contribution in [2.45, 2.75) is 39.5 Å². The number of ether oxygens (including phenoxy) is 1. The Morgan fingerprint density at radius 2 is 1.59 bits per heavy atom. The van der Waals surface area contributed by atoms with E-state index in [1.54, 1.807) is 0 Å². The molecule has 2 N–H and O–H groups in total. The van der Waals surface area contributed by atoms with Crippen LogP contribution in [0.25, 0.3) is 0 Å². The summed E-state index contributed by atoms with van der Waals surface area (Å²) in [5.74, 6) is 0.662. The van der Waals surface area contributed by atoms with Crippen LogP contribution in [0.4, 0.5) is 17.1 Å². The fraction of sp³-hybridized carbons (Fsp3) is 0.458. The predicted molar refractivity (Wildman–Crippen MR) is 121 cm³/mol. The van der Waals surface area contributed by atoms with Gasteiger partial charge in [0, 0.05) is 18.8 Å². The van der Waals surface area contributed by atoms with Gasteiger partial charge < -0.3 is 20.3 Å². The van der Waals surface area contributed by atoms with Crippen LogP contribution in [0.1, 0.15) is 50.7 Å². The van der Waals surface area contributed by atoms with Crippen molar-refractivity contribution in [2.24, 2.45) is 0 Å². The van der Waals surface area contributed by atoms with E-state index in [-0.39, 0.29) is 12.5 Å². The highest BCUT2D eigenvalue weighted by Gasteiger charge is 2.17. The SMILES string of the molecule is CC(C)c1cccc(C(C)C)c1NC(=O)CNc1ccccc1N1CCOCC1. The summed E-state index contributed by atoms with van der Waals surface area (Å²) in [5, 5.41) is 6.51. The molecule has 3 rings (SSSR count). The molecule has 2 aromatic rings. The van der Waals surface area contributed by atoms with Crippen molar-refractivity contribution in [3.05, 3.63) is 53.6 Å². The number of nitrogens with zero attached hydrogens (tertiary/aromatic N) is 1. The molecule has 0 atom stereocenters. The van der Waals surface area contributed by atoms with E-state index in [0.29, 0.717) is 11.8 Å². The van der Waals surface area contributed by atoms with Crippen molar-refractivity contribution in [1.29, 1.82) is 0 Å². The summed E-state index contributed by atoms with van der Waals surface area (Å²) in [5.41, 5.74) is 5.42. The lowest BCUT2D eigenvalue weighted by Crippen LogP contribution is -2.36. The highest BCUT2D eigenvalue weighted by molar-refractivity contribution is 5.96. The van der Waals surface area contributed by atoms with Crippen molar-refractivity contribution in [3.8, 4) is 0 Å². The second-order valence-electron chi connectivity index (χ2n) is 8.14. The molecule has 1 aliphatic rings. The lowest BCUT2D eigenvalue weighted by atomic mass is 9.92. The van der Waals surface area contributed by atoms with Crippen LogP contribution in [-0.4, -0.2) is 38.8 Å². The van der Waals surface area contributed by atoms with Crippen LogP contribution in [0, 0.1) is 0 Å². The van der Waals surface area contributed by atoms with E-state index in [1.807, 2.05) is 18.2 Å². The van der Waals surface area contributed by atoms with Gasteiger partial charge in [-0.2, -0.15) is 0 Å². The predicted octanol–water partition coefficient (Wildman–Crippen LogP) is 4.82. The Morgan fingerprint density at radius 3 is 2.21 bits per heavy atom. The minimum atomic E-state index is -0.0308. The van der Waals surface area contributed by atoms with E-state index in [9.17, 15) is 4.79 Å². The van der Waals surface area contributed by atoms with Crippen LogP contribution >= 0.6 is 0 Å². The summed E-state index contributed by atoms with van der Waals surface area (Å²) in [7, 11) is 0. The molecule has 1 fully saturated rings. The number of hydrogen-bond donors (Lipinski definition) is 2. The third-order valence-corrected chi connectivity index (χ3v) is 5.33. The standard InChI is InChI=1S/C24H33N3O2/c1-17(2)19-8-7-9-20(18(3)4)24(19)26-23(28)16-25-21-10-5-6-11-22(21)27-12-14-29-15-13-27/h5-11,17-18,25H,12-16H2,1-4H3,(H,26,28). The summed E-state index contributed by atoms with van der Waals surface area (Å²) < 4.78 is 5.46. The maximum absolute atomic E-state index is 12.8. The van der Waals surface area contributed by atoms with E-state index in [2.05, 4.69) is 67.5 Å². The van der Waals surface area contributed by atoms with Gasteiger partial charge in [-0.1, -0.05) is 58.0 Å². The first-order valence-electron chi connectivity index (χ1n) is 10.6. The number of hydrogen-bond acceptors (Lipinski definition) is 4. The smallest absolute Gasteiger partial charge is 0.243 e. The van der Waals surface area contributed by atoms with Gasteiger partial charge in [0.15, 0.2) is 0 Å². The number of para-hydroxylation sites is 3. The van der Waals surface area contributed by atoms with Crippen LogP contribution in [0.3, 0.4) is 0 Å². The summed E-state index contributed by atoms with van der Waals surface area (Å²) in [6.45, 7) is 12.1. The molecule has 156 valence electrons. The van der Waals surface area contributed by atoms with Gasteiger partial charge in [0.1, 0.15) is 0 Å². The highest BCUT2D eigenvalue weighted by atomic mass is 16.5.